The molecular formula is C21H22ClN3O6. The number of amides is 2. The number of nitrogens with one attached hydrogen (secondary N) is 1. The van der Waals surface area contributed by atoms with Crippen LogP contribution in [0.1, 0.15) is 34.8 Å². The summed E-state index contributed by atoms with van der Waals surface area (Å²) in [7, 11) is 0. The van der Waals surface area contributed by atoms with Gasteiger partial charge in [-0.3, -0.25) is 14.4 Å². The van der Waals surface area contributed by atoms with Crippen molar-refractivity contribution in [3.63, 3.8) is 0 Å². The molecule has 10 heteroatoms. The van der Waals surface area contributed by atoms with E-state index in [4.69, 9.17) is 21.4 Å². The van der Waals surface area contributed by atoms with Crippen molar-refractivity contribution in [1.82, 2.24) is 15.2 Å². The zero-order valence-corrected chi connectivity index (χ0v) is 17.3. The largest absolute Gasteiger partial charge is 0.505 e. The quantitative estimate of drug-likeness (QED) is 0.592. The molecule has 1 aromatic carbocycles. The lowest BCUT2D eigenvalue weighted by molar-refractivity contribution is -0.136. The smallest absolute Gasteiger partial charge is 0.322 e. The van der Waals surface area contributed by atoms with Crippen LogP contribution in [0.4, 0.5) is 0 Å². The molecule has 1 aromatic heterocycles. The number of rotatable bonds is 7. The number of hydrogen-bond acceptors (Lipinski definition) is 6. The van der Waals surface area contributed by atoms with Gasteiger partial charge in [-0.15, -0.1) is 0 Å². The average molecular weight is 448 g/mol. The van der Waals surface area contributed by atoms with Crippen molar-refractivity contribution < 1.29 is 29.3 Å². The minimum atomic E-state index is -1.19. The molecule has 1 fully saturated rings. The van der Waals surface area contributed by atoms with Gasteiger partial charge in [0.15, 0.2) is 12.3 Å². The van der Waals surface area contributed by atoms with Crippen LogP contribution in [0.3, 0.4) is 0 Å². The topological polar surface area (TPSA) is 129 Å². The first-order valence-corrected chi connectivity index (χ1v) is 10.1. The first-order chi connectivity index (χ1) is 14.8. The number of pyridine rings is 1. The SMILES string of the molecule is O=C(O)CNC(=O)c1ncc(C2CCN(C(=O)COc3ccc(Cl)cc3)CC2)cc1O. The van der Waals surface area contributed by atoms with Crippen LogP contribution in [0.5, 0.6) is 11.5 Å². The summed E-state index contributed by atoms with van der Waals surface area (Å²) >= 11 is 5.83. The lowest BCUT2D eigenvalue weighted by Gasteiger charge is -2.32. The van der Waals surface area contributed by atoms with E-state index in [1.807, 2.05) is 0 Å². The van der Waals surface area contributed by atoms with E-state index in [9.17, 15) is 19.5 Å². The Balaban J connectivity index is 1.51. The number of likely N-dealkylation sites (tertiary alicyclic amines) is 1. The van der Waals surface area contributed by atoms with Crippen molar-refractivity contribution in [1.29, 1.82) is 0 Å². The second kappa shape index (κ2) is 10.1. The Hall–Kier alpha value is -3.33. The molecule has 2 heterocycles. The van der Waals surface area contributed by atoms with E-state index >= 15 is 0 Å². The maximum Gasteiger partial charge on any atom is 0.322 e. The highest BCUT2D eigenvalue weighted by atomic mass is 35.5. The molecule has 0 bridgehead atoms. The third-order valence-electron chi connectivity index (χ3n) is 5.00. The highest BCUT2D eigenvalue weighted by Crippen LogP contribution is 2.30. The van der Waals surface area contributed by atoms with Crippen LogP contribution in [0.2, 0.25) is 5.02 Å². The van der Waals surface area contributed by atoms with Gasteiger partial charge in [0.1, 0.15) is 18.0 Å². The Morgan fingerprint density at radius 1 is 1.19 bits per heavy atom. The average Bonchev–Trinajstić information content (AvgIpc) is 2.77. The molecule has 9 nitrogen and oxygen atoms in total. The number of aromatic nitrogens is 1. The lowest BCUT2D eigenvalue weighted by atomic mass is 9.90. The number of benzene rings is 1. The normalized spacial score (nSPS) is 14.2. The number of halogens is 1. The summed E-state index contributed by atoms with van der Waals surface area (Å²) in [6.07, 6.45) is 2.86. The zero-order chi connectivity index (χ0) is 22.4. The molecule has 3 rings (SSSR count). The molecule has 0 radical (unpaired) electrons. The molecule has 0 spiro atoms. The van der Waals surface area contributed by atoms with Crippen LogP contribution < -0.4 is 10.1 Å². The van der Waals surface area contributed by atoms with Gasteiger partial charge in [0, 0.05) is 24.3 Å². The van der Waals surface area contributed by atoms with Crippen molar-refractivity contribution in [3.05, 3.63) is 52.8 Å². The van der Waals surface area contributed by atoms with Gasteiger partial charge in [-0.1, -0.05) is 11.6 Å². The summed E-state index contributed by atoms with van der Waals surface area (Å²) in [6.45, 7) is 0.453. The number of hydrogen-bond donors (Lipinski definition) is 3. The van der Waals surface area contributed by atoms with Crippen molar-refractivity contribution in [3.8, 4) is 11.5 Å². The van der Waals surface area contributed by atoms with Gasteiger partial charge >= 0.3 is 5.97 Å². The van der Waals surface area contributed by atoms with Gasteiger partial charge in [-0.05, 0) is 54.7 Å². The van der Waals surface area contributed by atoms with Crippen molar-refractivity contribution in [2.24, 2.45) is 0 Å². The first-order valence-electron chi connectivity index (χ1n) is 9.68. The Morgan fingerprint density at radius 3 is 2.48 bits per heavy atom. The summed E-state index contributed by atoms with van der Waals surface area (Å²) < 4.78 is 5.51. The molecule has 1 aliphatic rings. The number of carbonyl (C=O) groups is 3. The fraction of sp³-hybridized carbons (Fsp3) is 0.333. The van der Waals surface area contributed by atoms with E-state index in [0.29, 0.717) is 36.7 Å². The molecule has 0 atom stereocenters. The van der Waals surface area contributed by atoms with Gasteiger partial charge in [-0.25, -0.2) is 4.98 Å². The second-order valence-corrected chi connectivity index (χ2v) is 7.55. The maximum absolute atomic E-state index is 12.4. The first kappa shape index (κ1) is 22.4. The highest BCUT2D eigenvalue weighted by molar-refractivity contribution is 6.30. The van der Waals surface area contributed by atoms with Gasteiger partial charge < -0.3 is 25.2 Å². The van der Waals surface area contributed by atoms with Gasteiger partial charge in [-0.2, -0.15) is 0 Å². The predicted octanol–water partition coefficient (Wildman–Crippen LogP) is 2.04. The number of piperidine rings is 1. The monoisotopic (exact) mass is 447 g/mol. The third-order valence-corrected chi connectivity index (χ3v) is 5.25. The zero-order valence-electron chi connectivity index (χ0n) is 16.6. The van der Waals surface area contributed by atoms with Crippen molar-refractivity contribution in [2.45, 2.75) is 18.8 Å². The third kappa shape index (κ3) is 6.08. The summed E-state index contributed by atoms with van der Waals surface area (Å²) in [5.41, 5.74) is 0.536. The molecule has 2 amide bonds. The van der Waals surface area contributed by atoms with Gasteiger partial charge in [0.25, 0.3) is 11.8 Å². The van der Waals surface area contributed by atoms with E-state index in [2.05, 4.69) is 10.3 Å². The van der Waals surface area contributed by atoms with Crippen molar-refractivity contribution >= 4 is 29.4 Å². The second-order valence-electron chi connectivity index (χ2n) is 7.11. The molecule has 0 saturated carbocycles. The molecule has 3 N–H and O–H groups in total. The molecular weight excluding hydrogens is 426 g/mol. The number of aromatic hydroxyl groups is 1. The number of ether oxygens (including phenoxy) is 1. The van der Waals surface area contributed by atoms with Crippen LogP contribution >= 0.6 is 11.6 Å². The Bertz CT molecular complexity index is 958. The minimum absolute atomic E-state index is 0.0607. The molecule has 164 valence electrons. The fourth-order valence-corrected chi connectivity index (χ4v) is 3.46. The Labute approximate surface area is 183 Å². The van der Waals surface area contributed by atoms with Crippen LogP contribution in [-0.4, -0.2) is 64.1 Å². The van der Waals surface area contributed by atoms with Crippen LogP contribution in [0.15, 0.2) is 36.5 Å². The van der Waals surface area contributed by atoms with Crippen molar-refractivity contribution in [2.75, 3.05) is 26.2 Å². The van der Waals surface area contributed by atoms with E-state index in [1.165, 1.54) is 12.3 Å². The number of carboxylic acids is 1. The van der Waals surface area contributed by atoms with Gasteiger partial charge in [0.2, 0.25) is 0 Å². The predicted molar refractivity (Wildman–Crippen MR) is 111 cm³/mol. The minimum Gasteiger partial charge on any atom is -0.505 e. The summed E-state index contributed by atoms with van der Waals surface area (Å²) in [6, 6.07) is 8.25. The molecule has 0 aliphatic carbocycles. The molecule has 1 saturated heterocycles. The summed E-state index contributed by atoms with van der Waals surface area (Å²) in [4.78, 5) is 40.6. The number of aliphatic carboxylic acids is 1. The molecule has 1 aliphatic heterocycles. The van der Waals surface area contributed by atoms with E-state index in [-0.39, 0.29) is 29.9 Å². The summed E-state index contributed by atoms with van der Waals surface area (Å²) in [5, 5.41) is 21.5. The van der Waals surface area contributed by atoms with Crippen LogP contribution in [-0.2, 0) is 9.59 Å². The maximum atomic E-state index is 12.4. The van der Waals surface area contributed by atoms with E-state index in [1.54, 1.807) is 29.2 Å². The number of nitrogens with zero attached hydrogens (tertiary/aromatic N) is 2. The number of carboxylic acid groups (broad SMARTS) is 1. The van der Waals surface area contributed by atoms with E-state index in [0.717, 1.165) is 5.56 Å². The van der Waals surface area contributed by atoms with Crippen LogP contribution in [0, 0.1) is 0 Å². The number of carbonyl (C=O) groups excluding carboxylic acids is 2. The fourth-order valence-electron chi connectivity index (χ4n) is 3.34. The Kier molecular flexibility index (Phi) is 7.30. The molecule has 31 heavy (non-hydrogen) atoms. The Morgan fingerprint density at radius 2 is 1.87 bits per heavy atom. The lowest BCUT2D eigenvalue weighted by Crippen LogP contribution is -2.40. The van der Waals surface area contributed by atoms with Gasteiger partial charge in [0.05, 0.1) is 0 Å². The van der Waals surface area contributed by atoms with Crippen LogP contribution in [0.25, 0.3) is 0 Å². The van der Waals surface area contributed by atoms with E-state index < -0.39 is 18.4 Å². The molecule has 2 aromatic rings. The highest BCUT2D eigenvalue weighted by Gasteiger charge is 2.25. The summed E-state index contributed by atoms with van der Waals surface area (Å²) in [5.74, 6) is -1.72. The molecule has 0 unspecified atom stereocenters. The standard InChI is InChI=1S/C21H22ClN3O6/c22-15-1-3-16(4-2-15)31-12-18(27)25-7-5-13(6-8-25)14-9-17(26)20(23-10-14)21(30)24-11-19(28)29/h1-4,9-10,13,26H,5-8,11-12H2,(H,24,30)(H,28,29).